The molecule has 2 unspecified atom stereocenters. The summed E-state index contributed by atoms with van der Waals surface area (Å²) < 4.78 is 5.21. The third-order valence-corrected chi connectivity index (χ3v) is 3.34. The fourth-order valence-corrected chi connectivity index (χ4v) is 2.28. The predicted octanol–water partition coefficient (Wildman–Crippen LogP) is 0.863. The Hall–Kier alpha value is -1.82. The highest BCUT2D eigenvalue weighted by Crippen LogP contribution is 2.16. The van der Waals surface area contributed by atoms with Crippen molar-refractivity contribution >= 4 is 11.9 Å². The minimum Gasteiger partial charge on any atom is -0.481 e. The number of carboxylic acid groups (broad SMARTS) is 1. The molecule has 0 bridgehead atoms. The van der Waals surface area contributed by atoms with Gasteiger partial charge in [0.1, 0.15) is 5.76 Å². The summed E-state index contributed by atoms with van der Waals surface area (Å²) in [7, 11) is 0. The molecule has 1 saturated heterocycles. The number of amides is 1. The van der Waals surface area contributed by atoms with Gasteiger partial charge in [-0.3, -0.25) is 14.5 Å². The zero-order valence-corrected chi connectivity index (χ0v) is 10.8. The maximum atomic E-state index is 11.8. The van der Waals surface area contributed by atoms with Crippen LogP contribution in [0.3, 0.4) is 0 Å². The smallest absolute Gasteiger partial charge is 0.307 e. The Morgan fingerprint density at radius 3 is 3.00 bits per heavy atom. The molecule has 2 heterocycles. The number of carbonyl (C=O) groups is 2. The fraction of sp³-hybridized carbons (Fsp3) is 0.538. The molecule has 2 atom stereocenters. The monoisotopic (exact) mass is 266 g/mol. The SMILES string of the molecule is CC(NC(=O)CN1CCC(C(=O)O)C1)c1ccco1. The van der Waals surface area contributed by atoms with Crippen molar-refractivity contribution in [1.29, 1.82) is 0 Å². The van der Waals surface area contributed by atoms with E-state index in [1.54, 1.807) is 18.4 Å². The molecule has 0 aliphatic carbocycles. The van der Waals surface area contributed by atoms with Crippen molar-refractivity contribution in [3.05, 3.63) is 24.2 Å². The maximum absolute atomic E-state index is 11.8. The van der Waals surface area contributed by atoms with Gasteiger partial charge in [-0.2, -0.15) is 0 Å². The molecule has 6 heteroatoms. The van der Waals surface area contributed by atoms with Gasteiger partial charge in [-0.05, 0) is 32.0 Å². The van der Waals surface area contributed by atoms with Crippen molar-refractivity contribution in [3.63, 3.8) is 0 Å². The lowest BCUT2D eigenvalue weighted by atomic mass is 10.1. The highest BCUT2D eigenvalue weighted by Gasteiger charge is 2.29. The first kappa shape index (κ1) is 13.6. The number of rotatable bonds is 5. The van der Waals surface area contributed by atoms with Crippen LogP contribution in [0.15, 0.2) is 22.8 Å². The van der Waals surface area contributed by atoms with E-state index in [1.807, 2.05) is 11.8 Å². The number of nitrogens with one attached hydrogen (secondary N) is 1. The van der Waals surface area contributed by atoms with Gasteiger partial charge in [-0.15, -0.1) is 0 Å². The molecule has 19 heavy (non-hydrogen) atoms. The van der Waals surface area contributed by atoms with Crippen LogP contribution in [0.2, 0.25) is 0 Å². The molecule has 1 aliphatic rings. The van der Waals surface area contributed by atoms with E-state index in [9.17, 15) is 9.59 Å². The molecule has 6 nitrogen and oxygen atoms in total. The van der Waals surface area contributed by atoms with Crippen LogP contribution in [0.4, 0.5) is 0 Å². The van der Waals surface area contributed by atoms with Gasteiger partial charge in [0.2, 0.25) is 5.91 Å². The van der Waals surface area contributed by atoms with Crippen LogP contribution in [0.25, 0.3) is 0 Å². The van der Waals surface area contributed by atoms with Gasteiger partial charge in [0, 0.05) is 6.54 Å². The summed E-state index contributed by atoms with van der Waals surface area (Å²) in [4.78, 5) is 24.5. The molecule has 1 aromatic rings. The molecular weight excluding hydrogens is 248 g/mol. The van der Waals surface area contributed by atoms with E-state index >= 15 is 0 Å². The molecule has 1 fully saturated rings. The Morgan fingerprint density at radius 1 is 1.63 bits per heavy atom. The zero-order valence-electron chi connectivity index (χ0n) is 10.8. The lowest BCUT2D eigenvalue weighted by Gasteiger charge is -2.17. The third kappa shape index (κ3) is 3.57. The Kier molecular flexibility index (Phi) is 4.21. The first-order chi connectivity index (χ1) is 9.06. The van der Waals surface area contributed by atoms with Crippen LogP contribution < -0.4 is 5.32 Å². The summed E-state index contributed by atoms with van der Waals surface area (Å²) in [6, 6.07) is 3.40. The van der Waals surface area contributed by atoms with Gasteiger partial charge in [-0.25, -0.2) is 0 Å². The van der Waals surface area contributed by atoms with Crippen LogP contribution in [-0.2, 0) is 9.59 Å². The van der Waals surface area contributed by atoms with Gasteiger partial charge < -0.3 is 14.8 Å². The van der Waals surface area contributed by atoms with Crippen molar-refractivity contribution in [2.75, 3.05) is 19.6 Å². The average molecular weight is 266 g/mol. The van der Waals surface area contributed by atoms with Gasteiger partial charge in [0.05, 0.1) is 24.8 Å². The van der Waals surface area contributed by atoms with Gasteiger partial charge in [-0.1, -0.05) is 0 Å². The van der Waals surface area contributed by atoms with Crippen LogP contribution in [0.5, 0.6) is 0 Å². The number of carboxylic acids is 1. The van der Waals surface area contributed by atoms with Crippen LogP contribution >= 0.6 is 0 Å². The highest BCUT2D eigenvalue weighted by molar-refractivity contribution is 5.78. The second-order valence-corrected chi connectivity index (χ2v) is 4.86. The fourth-order valence-electron chi connectivity index (χ4n) is 2.28. The molecule has 0 radical (unpaired) electrons. The molecule has 1 aliphatic heterocycles. The highest BCUT2D eigenvalue weighted by atomic mass is 16.4. The van der Waals surface area contributed by atoms with Crippen molar-refractivity contribution in [3.8, 4) is 0 Å². The van der Waals surface area contributed by atoms with E-state index in [0.29, 0.717) is 25.3 Å². The molecular formula is C13H18N2O4. The van der Waals surface area contributed by atoms with Crippen molar-refractivity contribution in [2.24, 2.45) is 5.92 Å². The zero-order chi connectivity index (χ0) is 13.8. The number of carbonyl (C=O) groups excluding carboxylic acids is 1. The molecule has 0 aromatic carbocycles. The van der Waals surface area contributed by atoms with E-state index in [4.69, 9.17) is 9.52 Å². The second kappa shape index (κ2) is 5.88. The van der Waals surface area contributed by atoms with E-state index in [1.165, 1.54) is 0 Å². The van der Waals surface area contributed by atoms with Crippen LogP contribution in [0.1, 0.15) is 25.1 Å². The van der Waals surface area contributed by atoms with Crippen molar-refractivity contribution in [1.82, 2.24) is 10.2 Å². The second-order valence-electron chi connectivity index (χ2n) is 4.86. The standard InChI is InChI=1S/C13H18N2O4/c1-9(11-3-2-6-19-11)14-12(16)8-15-5-4-10(7-15)13(17)18/h2-3,6,9-10H,4-5,7-8H2,1H3,(H,14,16)(H,17,18). The van der Waals surface area contributed by atoms with Gasteiger partial charge in [0.25, 0.3) is 0 Å². The Bertz CT molecular complexity index is 444. The largest absolute Gasteiger partial charge is 0.481 e. The lowest BCUT2D eigenvalue weighted by Crippen LogP contribution is -2.37. The number of nitrogens with zero attached hydrogens (tertiary/aromatic N) is 1. The van der Waals surface area contributed by atoms with Crippen molar-refractivity contribution < 1.29 is 19.1 Å². The molecule has 2 N–H and O–H groups in total. The minimum atomic E-state index is -0.785. The van der Waals surface area contributed by atoms with Crippen LogP contribution in [0, 0.1) is 5.92 Å². The van der Waals surface area contributed by atoms with Crippen molar-refractivity contribution in [2.45, 2.75) is 19.4 Å². The molecule has 0 spiro atoms. The summed E-state index contributed by atoms with van der Waals surface area (Å²) in [5.74, 6) is -0.546. The Morgan fingerprint density at radius 2 is 2.42 bits per heavy atom. The van der Waals surface area contributed by atoms with Gasteiger partial charge in [0.15, 0.2) is 0 Å². The van der Waals surface area contributed by atoms with E-state index in [-0.39, 0.29) is 24.4 Å². The number of aliphatic carboxylic acids is 1. The summed E-state index contributed by atoms with van der Waals surface area (Å²) >= 11 is 0. The molecule has 1 aromatic heterocycles. The topological polar surface area (TPSA) is 82.8 Å². The normalized spacial score (nSPS) is 21.2. The average Bonchev–Trinajstić information content (AvgIpc) is 2.98. The minimum absolute atomic E-state index is 0.116. The number of likely N-dealkylation sites (tertiary alicyclic amines) is 1. The molecule has 104 valence electrons. The summed E-state index contributed by atoms with van der Waals surface area (Å²) in [5.41, 5.74) is 0. The third-order valence-electron chi connectivity index (χ3n) is 3.34. The summed E-state index contributed by atoms with van der Waals surface area (Å²) in [6.45, 7) is 3.17. The predicted molar refractivity (Wildman–Crippen MR) is 67.4 cm³/mol. The summed E-state index contributed by atoms with van der Waals surface area (Å²) in [5, 5.41) is 11.7. The first-order valence-corrected chi connectivity index (χ1v) is 6.34. The molecule has 0 saturated carbocycles. The maximum Gasteiger partial charge on any atom is 0.307 e. The Balaban J connectivity index is 1.78. The number of hydrogen-bond donors (Lipinski definition) is 2. The van der Waals surface area contributed by atoms with E-state index in [0.717, 1.165) is 0 Å². The lowest BCUT2D eigenvalue weighted by molar-refractivity contribution is -0.141. The molecule has 1 amide bonds. The summed E-state index contributed by atoms with van der Waals surface area (Å²) in [6.07, 6.45) is 2.17. The Labute approximate surface area is 111 Å². The number of hydrogen-bond acceptors (Lipinski definition) is 4. The van der Waals surface area contributed by atoms with Crippen LogP contribution in [-0.4, -0.2) is 41.5 Å². The first-order valence-electron chi connectivity index (χ1n) is 6.34. The van der Waals surface area contributed by atoms with E-state index in [2.05, 4.69) is 5.32 Å². The van der Waals surface area contributed by atoms with E-state index < -0.39 is 5.97 Å². The quantitative estimate of drug-likeness (QED) is 0.826. The number of furan rings is 1. The molecule has 2 rings (SSSR count). The van der Waals surface area contributed by atoms with Gasteiger partial charge >= 0.3 is 5.97 Å².